The highest BCUT2D eigenvalue weighted by atomic mass is 16.7. The zero-order valence-electron chi connectivity index (χ0n) is 15.4. The Morgan fingerprint density at radius 1 is 1.00 bits per heavy atom. The molecule has 0 atom stereocenters. The minimum atomic E-state index is -0.236. The first-order valence-electron chi connectivity index (χ1n) is 9.14. The molecule has 27 heavy (non-hydrogen) atoms. The lowest BCUT2D eigenvalue weighted by Crippen LogP contribution is -2.44. The molecular weight excluding hydrogens is 344 g/mol. The molecule has 2 aliphatic heterocycles. The largest absolute Gasteiger partial charge is 0.454 e. The van der Waals surface area contributed by atoms with Crippen molar-refractivity contribution in [1.29, 1.82) is 0 Å². The van der Waals surface area contributed by atoms with Crippen molar-refractivity contribution in [3.63, 3.8) is 0 Å². The second kappa shape index (κ2) is 7.75. The highest BCUT2D eigenvalue weighted by Gasteiger charge is 2.15. The molecule has 7 nitrogen and oxygen atoms in total. The number of fused-ring (bicyclic) bond motifs is 1. The van der Waals surface area contributed by atoms with Gasteiger partial charge in [0.05, 0.1) is 0 Å². The minimum Gasteiger partial charge on any atom is -0.454 e. The van der Waals surface area contributed by atoms with Crippen molar-refractivity contribution >= 4 is 17.4 Å². The lowest BCUT2D eigenvalue weighted by molar-refractivity contribution is 0.174. The molecule has 2 heterocycles. The number of rotatable bonds is 4. The zero-order chi connectivity index (χ0) is 18.6. The number of carbonyl (C=O) groups excluding carboxylic acids is 1. The molecule has 0 aliphatic carbocycles. The molecule has 7 heteroatoms. The van der Waals surface area contributed by atoms with Crippen LogP contribution in [0.5, 0.6) is 11.5 Å². The highest BCUT2D eigenvalue weighted by molar-refractivity contribution is 5.89. The van der Waals surface area contributed by atoms with E-state index in [1.165, 1.54) is 5.69 Å². The molecule has 142 valence electrons. The van der Waals surface area contributed by atoms with E-state index in [9.17, 15) is 4.79 Å². The van der Waals surface area contributed by atoms with Crippen molar-refractivity contribution in [3.8, 4) is 11.5 Å². The topological polar surface area (TPSA) is 66.1 Å². The average molecular weight is 368 g/mol. The molecule has 0 unspecified atom stereocenters. The van der Waals surface area contributed by atoms with Crippen LogP contribution in [0.15, 0.2) is 42.5 Å². The number of hydrogen-bond acceptors (Lipinski definition) is 5. The molecule has 2 aromatic carbocycles. The summed E-state index contributed by atoms with van der Waals surface area (Å²) in [4.78, 5) is 16.8. The third-order valence-electron chi connectivity index (χ3n) is 4.88. The molecule has 0 saturated carbocycles. The van der Waals surface area contributed by atoms with Gasteiger partial charge in [-0.1, -0.05) is 6.07 Å². The van der Waals surface area contributed by atoms with Crippen molar-refractivity contribution in [2.24, 2.45) is 0 Å². The Balaban J connectivity index is 1.28. The van der Waals surface area contributed by atoms with Gasteiger partial charge in [-0.15, -0.1) is 0 Å². The number of nitrogens with one attached hydrogen (secondary N) is 2. The number of anilines is 2. The molecule has 1 saturated heterocycles. The van der Waals surface area contributed by atoms with Gasteiger partial charge < -0.3 is 29.9 Å². The van der Waals surface area contributed by atoms with Gasteiger partial charge in [0.2, 0.25) is 6.79 Å². The summed E-state index contributed by atoms with van der Waals surface area (Å²) in [5.41, 5.74) is 2.92. The fraction of sp³-hybridized carbons (Fsp3) is 0.350. The molecule has 0 bridgehead atoms. The van der Waals surface area contributed by atoms with E-state index in [2.05, 4.69) is 39.6 Å². The highest BCUT2D eigenvalue weighted by Crippen LogP contribution is 2.32. The van der Waals surface area contributed by atoms with Gasteiger partial charge in [-0.05, 0) is 49.0 Å². The first-order chi connectivity index (χ1) is 13.2. The lowest BCUT2D eigenvalue weighted by Gasteiger charge is -2.34. The molecular formula is C20H24N4O3. The maximum atomic E-state index is 12.1. The maximum Gasteiger partial charge on any atom is 0.319 e. The van der Waals surface area contributed by atoms with E-state index >= 15 is 0 Å². The van der Waals surface area contributed by atoms with Gasteiger partial charge in [-0.2, -0.15) is 0 Å². The van der Waals surface area contributed by atoms with E-state index in [0.717, 1.165) is 43.2 Å². The Morgan fingerprint density at radius 2 is 1.74 bits per heavy atom. The Hall–Kier alpha value is -2.93. The van der Waals surface area contributed by atoms with Crippen LogP contribution < -0.4 is 25.0 Å². The van der Waals surface area contributed by atoms with Crippen LogP contribution in [0.25, 0.3) is 0 Å². The van der Waals surface area contributed by atoms with Crippen molar-refractivity contribution in [2.75, 3.05) is 50.2 Å². The van der Waals surface area contributed by atoms with Crippen LogP contribution in [0.3, 0.4) is 0 Å². The van der Waals surface area contributed by atoms with Crippen LogP contribution in [-0.2, 0) is 6.54 Å². The molecule has 0 spiro atoms. The first kappa shape index (κ1) is 17.5. The number of carbonyl (C=O) groups is 1. The Kier molecular flexibility index (Phi) is 5.02. The first-order valence-corrected chi connectivity index (χ1v) is 9.14. The lowest BCUT2D eigenvalue weighted by atomic mass is 10.2. The summed E-state index contributed by atoms with van der Waals surface area (Å²) in [7, 11) is 2.15. The van der Waals surface area contributed by atoms with Gasteiger partial charge in [0, 0.05) is 44.1 Å². The molecule has 0 radical (unpaired) electrons. The number of piperazine rings is 1. The molecule has 2 N–H and O–H groups in total. The van der Waals surface area contributed by atoms with Gasteiger partial charge >= 0.3 is 6.03 Å². The quantitative estimate of drug-likeness (QED) is 0.868. The van der Waals surface area contributed by atoms with Crippen LogP contribution in [0, 0.1) is 0 Å². The van der Waals surface area contributed by atoms with Crippen LogP contribution in [0.4, 0.5) is 16.2 Å². The normalized spacial score (nSPS) is 16.3. The predicted molar refractivity (Wildman–Crippen MR) is 105 cm³/mol. The summed E-state index contributed by atoms with van der Waals surface area (Å²) in [6.45, 7) is 4.86. The van der Waals surface area contributed by atoms with Crippen LogP contribution >= 0.6 is 0 Å². The van der Waals surface area contributed by atoms with Gasteiger partial charge in [0.25, 0.3) is 0 Å². The number of amides is 2. The number of hydrogen-bond donors (Lipinski definition) is 2. The molecule has 0 aromatic heterocycles. The molecule has 4 rings (SSSR count). The van der Waals surface area contributed by atoms with E-state index in [4.69, 9.17) is 9.47 Å². The number of ether oxygens (including phenoxy) is 2. The fourth-order valence-corrected chi connectivity index (χ4v) is 3.23. The van der Waals surface area contributed by atoms with Gasteiger partial charge in [-0.3, -0.25) is 0 Å². The number of urea groups is 1. The van der Waals surface area contributed by atoms with E-state index in [-0.39, 0.29) is 12.8 Å². The maximum absolute atomic E-state index is 12.1. The zero-order valence-corrected chi connectivity index (χ0v) is 15.4. The van der Waals surface area contributed by atoms with E-state index in [1.54, 1.807) is 0 Å². The van der Waals surface area contributed by atoms with Crippen LogP contribution in [-0.4, -0.2) is 51.0 Å². The minimum absolute atomic E-state index is 0.236. The second-order valence-corrected chi connectivity index (χ2v) is 6.83. The Labute approximate surface area is 158 Å². The summed E-state index contributed by atoms with van der Waals surface area (Å²) < 4.78 is 10.6. The van der Waals surface area contributed by atoms with Crippen LogP contribution in [0.1, 0.15) is 5.56 Å². The Bertz CT molecular complexity index is 801. The number of likely N-dealkylation sites (N-methyl/N-ethyl adjacent to an activating group) is 1. The molecule has 1 fully saturated rings. The predicted octanol–water partition coefficient (Wildman–Crippen LogP) is 2.49. The number of benzene rings is 2. The van der Waals surface area contributed by atoms with Crippen molar-refractivity contribution < 1.29 is 14.3 Å². The van der Waals surface area contributed by atoms with E-state index in [1.807, 2.05) is 30.3 Å². The Morgan fingerprint density at radius 3 is 2.52 bits per heavy atom. The summed E-state index contributed by atoms with van der Waals surface area (Å²) in [5.74, 6) is 1.46. The SMILES string of the molecule is CN1CCN(c2ccc(NC(=O)NCc3ccc4c(c3)OCO4)cc2)CC1. The summed E-state index contributed by atoms with van der Waals surface area (Å²) in [5, 5.41) is 5.73. The second-order valence-electron chi connectivity index (χ2n) is 6.83. The summed E-state index contributed by atoms with van der Waals surface area (Å²) >= 11 is 0. The third-order valence-corrected chi connectivity index (χ3v) is 4.88. The van der Waals surface area contributed by atoms with Crippen molar-refractivity contribution in [1.82, 2.24) is 10.2 Å². The van der Waals surface area contributed by atoms with Crippen LogP contribution in [0.2, 0.25) is 0 Å². The van der Waals surface area contributed by atoms with Crippen molar-refractivity contribution in [3.05, 3.63) is 48.0 Å². The summed E-state index contributed by atoms with van der Waals surface area (Å²) in [6.07, 6.45) is 0. The smallest absolute Gasteiger partial charge is 0.319 e. The van der Waals surface area contributed by atoms with Gasteiger partial charge in [0.15, 0.2) is 11.5 Å². The fourth-order valence-electron chi connectivity index (χ4n) is 3.23. The van der Waals surface area contributed by atoms with E-state index in [0.29, 0.717) is 12.3 Å². The van der Waals surface area contributed by atoms with Crippen molar-refractivity contribution in [2.45, 2.75) is 6.54 Å². The van der Waals surface area contributed by atoms with Gasteiger partial charge in [-0.25, -0.2) is 4.79 Å². The molecule has 2 amide bonds. The standard InChI is InChI=1S/C20H24N4O3/c1-23-8-10-24(11-9-23)17-5-3-16(4-6-17)22-20(25)21-13-15-2-7-18-19(12-15)27-14-26-18/h2-7,12H,8-11,13-14H2,1H3,(H2,21,22,25). The van der Waals surface area contributed by atoms with Gasteiger partial charge in [0.1, 0.15) is 0 Å². The monoisotopic (exact) mass is 368 g/mol. The number of nitrogens with zero attached hydrogens (tertiary/aromatic N) is 2. The average Bonchev–Trinajstić information content (AvgIpc) is 3.15. The molecule has 2 aromatic rings. The summed E-state index contributed by atoms with van der Waals surface area (Å²) in [6, 6.07) is 13.4. The van der Waals surface area contributed by atoms with E-state index < -0.39 is 0 Å². The molecule has 2 aliphatic rings. The third kappa shape index (κ3) is 4.25.